The minimum Gasteiger partial charge on any atom is -0.368 e. The lowest BCUT2D eigenvalue weighted by Gasteiger charge is -2.21. The first-order valence-electron chi connectivity index (χ1n) is 3.73. The molecule has 5 heteroatoms. The van der Waals surface area contributed by atoms with Gasteiger partial charge >= 0.3 is 0 Å². The monoisotopic (exact) mass is 166 g/mol. The molecule has 12 heavy (non-hydrogen) atoms. The molecule has 1 fully saturated rings. The number of hydrogen-bond donors (Lipinski definition) is 3. The van der Waals surface area contributed by atoms with Crippen LogP contribution in [0.15, 0.2) is 24.4 Å². The predicted octanol–water partition coefficient (Wildman–Crippen LogP) is -1.38. The van der Waals surface area contributed by atoms with Crippen LogP contribution in [0.2, 0.25) is 0 Å². The van der Waals surface area contributed by atoms with E-state index in [0.29, 0.717) is 0 Å². The number of nitrogens with zero attached hydrogens (tertiary/aromatic N) is 1. The van der Waals surface area contributed by atoms with E-state index in [1.807, 2.05) is 24.4 Å². The number of rotatable bonds is 1. The van der Waals surface area contributed by atoms with Crippen LogP contribution in [0, 0.1) is 0 Å². The summed E-state index contributed by atoms with van der Waals surface area (Å²) < 4.78 is 0. The third-order valence-corrected chi connectivity index (χ3v) is 1.98. The largest absolute Gasteiger partial charge is 0.368 e. The van der Waals surface area contributed by atoms with Crippen LogP contribution >= 0.6 is 0 Å². The molecule has 0 aromatic rings. The Hall–Kier alpha value is -1.33. The van der Waals surface area contributed by atoms with E-state index < -0.39 is 0 Å². The molecule has 2 atom stereocenters. The van der Waals surface area contributed by atoms with Crippen molar-refractivity contribution in [3.8, 4) is 0 Å². The minimum absolute atomic E-state index is 0.00694. The quantitative estimate of drug-likeness (QED) is 0.449. The Bertz CT molecular complexity index is 260. The number of hydrogen-bond acceptors (Lipinski definition) is 4. The Labute approximate surface area is 69.8 Å². The van der Waals surface area contributed by atoms with Crippen molar-refractivity contribution in [2.45, 2.75) is 12.1 Å². The van der Waals surface area contributed by atoms with Crippen LogP contribution in [0.5, 0.6) is 0 Å². The van der Waals surface area contributed by atoms with E-state index in [1.165, 1.54) is 0 Å². The van der Waals surface area contributed by atoms with Crippen LogP contribution in [-0.2, 0) is 4.79 Å². The third kappa shape index (κ3) is 0.992. The maximum atomic E-state index is 10.9. The Kier molecular flexibility index (Phi) is 1.60. The molecule has 2 aliphatic heterocycles. The molecule has 0 aromatic carbocycles. The highest BCUT2D eigenvalue weighted by molar-refractivity contribution is 5.81. The van der Waals surface area contributed by atoms with Crippen molar-refractivity contribution in [2.24, 2.45) is 5.73 Å². The fourth-order valence-electron chi connectivity index (χ4n) is 1.36. The van der Waals surface area contributed by atoms with Gasteiger partial charge in [-0.3, -0.25) is 9.80 Å². The van der Waals surface area contributed by atoms with E-state index in [1.54, 1.807) is 5.01 Å². The topological polar surface area (TPSA) is 70.4 Å². The molecule has 0 saturated carbocycles. The van der Waals surface area contributed by atoms with E-state index >= 15 is 0 Å². The van der Waals surface area contributed by atoms with Crippen molar-refractivity contribution < 1.29 is 4.79 Å². The standard InChI is InChI=1S/C7H10N4O/c8-7(12)6-5-3-1-2-4-11(5)10-9-6/h1-6,9-10H,(H2,8,12). The molecule has 5 nitrogen and oxygen atoms in total. The first kappa shape index (κ1) is 7.33. The Balaban J connectivity index is 2.18. The molecular weight excluding hydrogens is 156 g/mol. The molecule has 1 saturated heterocycles. The van der Waals surface area contributed by atoms with Gasteiger partial charge in [0.15, 0.2) is 0 Å². The Morgan fingerprint density at radius 2 is 2.33 bits per heavy atom. The van der Waals surface area contributed by atoms with Crippen molar-refractivity contribution in [2.75, 3.05) is 0 Å². The molecule has 64 valence electrons. The zero-order valence-corrected chi connectivity index (χ0v) is 6.40. The first-order chi connectivity index (χ1) is 5.79. The van der Waals surface area contributed by atoms with Crippen LogP contribution in [0.3, 0.4) is 0 Å². The maximum absolute atomic E-state index is 10.9. The zero-order chi connectivity index (χ0) is 8.55. The second-order valence-corrected chi connectivity index (χ2v) is 2.76. The highest BCUT2D eigenvalue weighted by Crippen LogP contribution is 2.13. The molecule has 0 aromatic heterocycles. The van der Waals surface area contributed by atoms with Gasteiger partial charge in [0.25, 0.3) is 0 Å². The summed E-state index contributed by atoms with van der Waals surface area (Å²) in [6.07, 6.45) is 7.55. The summed E-state index contributed by atoms with van der Waals surface area (Å²) in [5.41, 5.74) is 10.8. The van der Waals surface area contributed by atoms with E-state index in [2.05, 4.69) is 11.0 Å². The van der Waals surface area contributed by atoms with Gasteiger partial charge in [0.2, 0.25) is 5.91 Å². The summed E-state index contributed by atoms with van der Waals surface area (Å²) in [6.45, 7) is 0. The summed E-state index contributed by atoms with van der Waals surface area (Å²) in [6, 6.07) is -0.362. The molecule has 4 N–H and O–H groups in total. The normalized spacial score (nSPS) is 32.2. The fraction of sp³-hybridized carbons (Fsp3) is 0.286. The first-order valence-corrected chi connectivity index (χ1v) is 3.73. The average Bonchev–Trinajstić information content (AvgIpc) is 2.47. The number of hydrazine groups is 2. The van der Waals surface area contributed by atoms with Crippen LogP contribution in [0.1, 0.15) is 0 Å². The summed E-state index contributed by atoms with van der Waals surface area (Å²) in [5, 5.41) is 1.80. The number of primary amides is 1. The van der Waals surface area contributed by atoms with Gasteiger partial charge in [-0.15, -0.1) is 0 Å². The molecule has 1 amide bonds. The van der Waals surface area contributed by atoms with Crippen molar-refractivity contribution in [3.63, 3.8) is 0 Å². The lowest BCUT2D eigenvalue weighted by Crippen LogP contribution is -2.44. The molecule has 2 aliphatic rings. The second-order valence-electron chi connectivity index (χ2n) is 2.76. The zero-order valence-electron chi connectivity index (χ0n) is 6.40. The molecule has 0 bridgehead atoms. The average molecular weight is 166 g/mol. The summed E-state index contributed by atoms with van der Waals surface area (Å²) in [5.74, 6) is -0.352. The Morgan fingerprint density at radius 1 is 1.50 bits per heavy atom. The molecule has 2 unspecified atom stereocenters. The minimum atomic E-state index is -0.355. The van der Waals surface area contributed by atoms with Crippen molar-refractivity contribution in [3.05, 3.63) is 24.4 Å². The number of amides is 1. The van der Waals surface area contributed by atoms with Gasteiger partial charge < -0.3 is 5.73 Å². The number of nitrogens with two attached hydrogens (primary N) is 1. The predicted molar refractivity (Wildman–Crippen MR) is 43.2 cm³/mol. The van der Waals surface area contributed by atoms with Gasteiger partial charge in [-0.2, -0.15) is 5.53 Å². The van der Waals surface area contributed by atoms with Crippen molar-refractivity contribution in [1.29, 1.82) is 0 Å². The molecule has 0 radical (unpaired) electrons. The van der Waals surface area contributed by atoms with Gasteiger partial charge in [-0.1, -0.05) is 12.2 Å². The van der Waals surface area contributed by atoms with Gasteiger partial charge in [-0.25, -0.2) is 5.43 Å². The molecule has 0 aliphatic carbocycles. The van der Waals surface area contributed by atoms with Crippen LogP contribution in [0.4, 0.5) is 0 Å². The number of allylic oxidation sites excluding steroid dienone is 2. The summed E-state index contributed by atoms with van der Waals surface area (Å²) in [7, 11) is 0. The van der Waals surface area contributed by atoms with Crippen LogP contribution in [-0.4, -0.2) is 23.0 Å². The van der Waals surface area contributed by atoms with Gasteiger partial charge in [0.05, 0.1) is 6.04 Å². The number of carbonyl (C=O) groups excluding carboxylic acids is 1. The van der Waals surface area contributed by atoms with Gasteiger partial charge in [0, 0.05) is 6.20 Å². The van der Waals surface area contributed by atoms with Gasteiger partial charge in [0.1, 0.15) is 6.04 Å². The van der Waals surface area contributed by atoms with Crippen LogP contribution < -0.4 is 16.7 Å². The SMILES string of the molecule is NC(=O)C1NNN2C=CC=CC12. The highest BCUT2D eigenvalue weighted by atomic mass is 16.1. The molecule has 2 heterocycles. The van der Waals surface area contributed by atoms with E-state index in [9.17, 15) is 4.79 Å². The maximum Gasteiger partial charge on any atom is 0.238 e. The summed E-state index contributed by atoms with van der Waals surface area (Å²) in [4.78, 5) is 10.9. The van der Waals surface area contributed by atoms with Crippen molar-refractivity contribution in [1.82, 2.24) is 16.0 Å². The smallest absolute Gasteiger partial charge is 0.238 e. The van der Waals surface area contributed by atoms with E-state index in [-0.39, 0.29) is 18.0 Å². The molecule has 0 spiro atoms. The fourth-order valence-corrected chi connectivity index (χ4v) is 1.36. The van der Waals surface area contributed by atoms with E-state index in [4.69, 9.17) is 5.73 Å². The summed E-state index contributed by atoms with van der Waals surface area (Å²) >= 11 is 0. The second kappa shape index (κ2) is 2.62. The number of carbonyl (C=O) groups is 1. The number of fused-ring (bicyclic) bond motifs is 1. The Morgan fingerprint density at radius 3 is 3.08 bits per heavy atom. The molecule has 2 rings (SSSR count). The highest BCUT2D eigenvalue weighted by Gasteiger charge is 2.34. The third-order valence-electron chi connectivity index (χ3n) is 1.98. The lowest BCUT2D eigenvalue weighted by molar-refractivity contribution is -0.119. The van der Waals surface area contributed by atoms with Crippen LogP contribution in [0.25, 0.3) is 0 Å². The number of nitrogens with one attached hydrogen (secondary N) is 2. The van der Waals surface area contributed by atoms with Crippen molar-refractivity contribution >= 4 is 5.91 Å². The van der Waals surface area contributed by atoms with E-state index in [0.717, 1.165) is 0 Å². The molecular formula is C7H10N4O. The lowest BCUT2D eigenvalue weighted by atomic mass is 10.1. The van der Waals surface area contributed by atoms with Gasteiger partial charge in [-0.05, 0) is 6.08 Å².